The van der Waals surface area contributed by atoms with Crippen LogP contribution in [0.2, 0.25) is 0 Å². The number of methoxy groups -OCH3 is 1. The van der Waals surface area contributed by atoms with Crippen LogP contribution in [0.25, 0.3) is 11.0 Å². The van der Waals surface area contributed by atoms with Gasteiger partial charge in [0.1, 0.15) is 11.3 Å². The van der Waals surface area contributed by atoms with Gasteiger partial charge < -0.3 is 19.0 Å². The van der Waals surface area contributed by atoms with Gasteiger partial charge >= 0.3 is 0 Å². The minimum absolute atomic E-state index is 0.108. The van der Waals surface area contributed by atoms with E-state index in [0.717, 1.165) is 5.39 Å². The highest BCUT2D eigenvalue weighted by molar-refractivity contribution is 6.04. The first-order chi connectivity index (χ1) is 12.8. The topological polar surface area (TPSA) is 86.4 Å². The lowest BCUT2D eigenvalue weighted by Crippen LogP contribution is -2.45. The lowest BCUT2D eigenvalue weighted by atomic mass is 9.99. The fraction of sp³-hybridized carbons (Fsp3) is 0.350. The molecule has 1 N–H and O–H groups in total. The zero-order chi connectivity index (χ0) is 19.7. The van der Waals surface area contributed by atoms with E-state index in [0.29, 0.717) is 22.7 Å². The zero-order valence-corrected chi connectivity index (χ0v) is 16.1. The number of furan rings is 1. The van der Waals surface area contributed by atoms with E-state index in [1.54, 1.807) is 43.3 Å². The second-order valence-electron chi connectivity index (χ2n) is 6.84. The summed E-state index contributed by atoms with van der Waals surface area (Å²) >= 11 is 0. The molecule has 0 aliphatic rings. The SMILES string of the molecule is COc1ccc2oc(C(=O)NC(C(=O)c3nccn3C)C(C)C)c(C)c2c1. The monoisotopic (exact) mass is 369 g/mol. The molecule has 0 radical (unpaired) electrons. The van der Waals surface area contributed by atoms with Crippen LogP contribution < -0.4 is 10.1 Å². The van der Waals surface area contributed by atoms with Crippen molar-refractivity contribution < 1.29 is 18.7 Å². The van der Waals surface area contributed by atoms with E-state index in [4.69, 9.17) is 9.15 Å². The molecule has 0 bridgehead atoms. The molecule has 1 aromatic carbocycles. The van der Waals surface area contributed by atoms with Gasteiger partial charge in [-0.2, -0.15) is 0 Å². The minimum Gasteiger partial charge on any atom is -0.497 e. The molecule has 7 nitrogen and oxygen atoms in total. The molecule has 2 aromatic heterocycles. The van der Waals surface area contributed by atoms with E-state index in [2.05, 4.69) is 10.3 Å². The lowest BCUT2D eigenvalue weighted by Gasteiger charge is -2.20. The van der Waals surface area contributed by atoms with Crippen LogP contribution in [-0.2, 0) is 7.05 Å². The van der Waals surface area contributed by atoms with Crippen LogP contribution in [0.1, 0.15) is 40.6 Å². The summed E-state index contributed by atoms with van der Waals surface area (Å²) in [7, 11) is 3.33. The van der Waals surface area contributed by atoms with Crippen LogP contribution in [0.5, 0.6) is 5.75 Å². The van der Waals surface area contributed by atoms with Gasteiger partial charge in [0.25, 0.3) is 5.91 Å². The first-order valence-corrected chi connectivity index (χ1v) is 8.73. The Morgan fingerprint density at radius 2 is 2.04 bits per heavy atom. The number of carbonyl (C=O) groups is 2. The van der Waals surface area contributed by atoms with Gasteiger partial charge in [-0.1, -0.05) is 13.8 Å². The van der Waals surface area contributed by atoms with Crippen molar-refractivity contribution in [1.29, 1.82) is 0 Å². The number of aryl methyl sites for hydroxylation is 2. The summed E-state index contributed by atoms with van der Waals surface area (Å²) in [6.07, 6.45) is 3.26. The molecule has 1 unspecified atom stereocenters. The van der Waals surface area contributed by atoms with Crippen molar-refractivity contribution in [2.24, 2.45) is 13.0 Å². The number of nitrogens with one attached hydrogen (secondary N) is 1. The molecule has 0 saturated heterocycles. The molecule has 0 spiro atoms. The lowest BCUT2D eigenvalue weighted by molar-refractivity contribution is 0.0810. The maximum absolute atomic E-state index is 12.8. The summed E-state index contributed by atoms with van der Waals surface area (Å²) in [5.41, 5.74) is 1.29. The third kappa shape index (κ3) is 3.45. The smallest absolute Gasteiger partial charge is 0.287 e. The van der Waals surface area contributed by atoms with Crippen molar-refractivity contribution in [3.63, 3.8) is 0 Å². The number of rotatable bonds is 6. The number of ether oxygens (including phenoxy) is 1. The van der Waals surface area contributed by atoms with Gasteiger partial charge in [-0.15, -0.1) is 0 Å². The fourth-order valence-electron chi connectivity index (χ4n) is 3.03. The molecule has 2 heterocycles. The molecular weight excluding hydrogens is 346 g/mol. The molecule has 142 valence electrons. The molecule has 1 atom stereocenters. The van der Waals surface area contributed by atoms with Gasteiger partial charge in [0.15, 0.2) is 11.6 Å². The summed E-state index contributed by atoms with van der Waals surface area (Å²) < 4.78 is 12.6. The van der Waals surface area contributed by atoms with Gasteiger partial charge in [0.05, 0.1) is 13.2 Å². The van der Waals surface area contributed by atoms with Crippen molar-refractivity contribution in [2.75, 3.05) is 7.11 Å². The average Bonchev–Trinajstić information content (AvgIpc) is 3.22. The number of amides is 1. The number of nitrogens with zero attached hydrogens (tertiary/aromatic N) is 2. The van der Waals surface area contributed by atoms with Crippen molar-refractivity contribution in [3.8, 4) is 5.75 Å². The molecule has 0 fully saturated rings. The number of ketones is 1. The van der Waals surface area contributed by atoms with Crippen molar-refractivity contribution in [1.82, 2.24) is 14.9 Å². The normalized spacial score (nSPS) is 12.4. The van der Waals surface area contributed by atoms with Gasteiger partial charge in [0, 0.05) is 30.4 Å². The molecule has 27 heavy (non-hydrogen) atoms. The highest BCUT2D eigenvalue weighted by Gasteiger charge is 2.30. The first-order valence-electron chi connectivity index (χ1n) is 8.73. The van der Waals surface area contributed by atoms with Crippen LogP contribution >= 0.6 is 0 Å². The Bertz CT molecular complexity index is 1000. The first kappa shape index (κ1) is 18.7. The summed E-state index contributed by atoms with van der Waals surface area (Å²) in [5, 5.41) is 3.61. The molecule has 7 heteroatoms. The molecule has 3 aromatic rings. The average molecular weight is 369 g/mol. The maximum atomic E-state index is 12.8. The number of benzene rings is 1. The van der Waals surface area contributed by atoms with Gasteiger partial charge in [-0.25, -0.2) is 4.98 Å². The third-order valence-electron chi connectivity index (χ3n) is 4.63. The zero-order valence-electron chi connectivity index (χ0n) is 16.1. The van der Waals surface area contributed by atoms with E-state index >= 15 is 0 Å². The van der Waals surface area contributed by atoms with Gasteiger partial charge in [-0.3, -0.25) is 9.59 Å². The fourth-order valence-corrected chi connectivity index (χ4v) is 3.03. The number of imidazole rings is 1. The third-order valence-corrected chi connectivity index (χ3v) is 4.63. The molecule has 0 saturated carbocycles. The Kier molecular flexibility index (Phi) is 5.03. The number of fused-ring (bicyclic) bond motifs is 1. The van der Waals surface area contributed by atoms with Crippen LogP contribution in [0.3, 0.4) is 0 Å². The van der Waals surface area contributed by atoms with Crippen LogP contribution in [0, 0.1) is 12.8 Å². The van der Waals surface area contributed by atoms with Crippen LogP contribution in [0.4, 0.5) is 0 Å². The highest BCUT2D eigenvalue weighted by atomic mass is 16.5. The van der Waals surface area contributed by atoms with Crippen LogP contribution in [-0.4, -0.2) is 34.4 Å². The standard InChI is InChI=1S/C20H23N3O4/c1-11(2)16(17(24)19-21-8-9-23(19)4)22-20(25)18-12(3)14-10-13(26-5)6-7-15(14)27-18/h6-11,16H,1-5H3,(H,22,25). The summed E-state index contributed by atoms with van der Waals surface area (Å²) in [4.78, 5) is 29.8. The van der Waals surface area contributed by atoms with Gasteiger partial charge in [0.2, 0.25) is 5.78 Å². The van der Waals surface area contributed by atoms with E-state index in [9.17, 15) is 9.59 Å². The van der Waals surface area contributed by atoms with Crippen molar-refractivity contribution >= 4 is 22.7 Å². The van der Waals surface area contributed by atoms with Gasteiger partial charge in [-0.05, 0) is 31.0 Å². The number of hydrogen-bond donors (Lipinski definition) is 1. The Morgan fingerprint density at radius 1 is 1.30 bits per heavy atom. The Morgan fingerprint density at radius 3 is 2.63 bits per heavy atom. The quantitative estimate of drug-likeness (QED) is 0.675. The Hall–Kier alpha value is -3.09. The van der Waals surface area contributed by atoms with Crippen LogP contribution in [0.15, 0.2) is 35.0 Å². The number of hydrogen-bond acceptors (Lipinski definition) is 5. The predicted octanol–water partition coefficient (Wildman–Crippen LogP) is 3.12. The summed E-state index contributed by atoms with van der Waals surface area (Å²) in [6, 6.07) is 4.65. The molecular formula is C20H23N3O4. The minimum atomic E-state index is -0.708. The summed E-state index contributed by atoms with van der Waals surface area (Å²) in [5.74, 6) is 0.410. The maximum Gasteiger partial charge on any atom is 0.287 e. The Balaban J connectivity index is 1.90. The second-order valence-corrected chi connectivity index (χ2v) is 6.84. The largest absolute Gasteiger partial charge is 0.497 e. The van der Waals surface area contributed by atoms with E-state index in [1.807, 2.05) is 26.8 Å². The Labute approximate surface area is 157 Å². The van der Waals surface area contributed by atoms with E-state index < -0.39 is 11.9 Å². The molecule has 0 aliphatic carbocycles. The van der Waals surface area contributed by atoms with E-state index in [-0.39, 0.29) is 17.5 Å². The van der Waals surface area contributed by atoms with Crippen molar-refractivity contribution in [3.05, 3.63) is 47.7 Å². The highest BCUT2D eigenvalue weighted by Crippen LogP contribution is 2.29. The second kappa shape index (κ2) is 7.26. The number of aromatic nitrogens is 2. The van der Waals surface area contributed by atoms with E-state index in [1.165, 1.54) is 0 Å². The molecule has 0 aliphatic heterocycles. The molecule has 3 rings (SSSR count). The van der Waals surface area contributed by atoms with Crippen molar-refractivity contribution in [2.45, 2.75) is 26.8 Å². The number of carbonyl (C=O) groups excluding carboxylic acids is 2. The number of Topliss-reactive ketones (excluding diaryl/α,β-unsaturated/α-hetero) is 1. The molecule has 1 amide bonds. The predicted molar refractivity (Wildman–Crippen MR) is 101 cm³/mol. The summed E-state index contributed by atoms with van der Waals surface area (Å²) in [6.45, 7) is 5.56.